The number of nitrogens with two attached hydrogens (primary N) is 1. The summed E-state index contributed by atoms with van der Waals surface area (Å²) in [5, 5.41) is 8.47. The number of fused-ring (bicyclic) bond motifs is 1. The van der Waals surface area contributed by atoms with Crippen LogP contribution in [0.4, 0.5) is 5.13 Å². The van der Waals surface area contributed by atoms with Crippen molar-refractivity contribution in [3.63, 3.8) is 0 Å². The van der Waals surface area contributed by atoms with Crippen LogP contribution in [0.3, 0.4) is 0 Å². The molecule has 1 aliphatic rings. The summed E-state index contributed by atoms with van der Waals surface area (Å²) in [7, 11) is 0. The zero-order valence-corrected chi connectivity index (χ0v) is 11.6. The van der Waals surface area contributed by atoms with Crippen LogP contribution in [0.2, 0.25) is 0 Å². The molecule has 0 fully saturated rings. The zero-order valence-electron chi connectivity index (χ0n) is 10.0. The molecular weight excluding hydrogens is 262 g/mol. The van der Waals surface area contributed by atoms with Gasteiger partial charge in [-0.2, -0.15) is 0 Å². The Bertz CT molecular complexity index is 539. The molecule has 1 unspecified atom stereocenters. The second kappa shape index (κ2) is 5.28. The predicted octanol–water partition coefficient (Wildman–Crippen LogP) is 3.33. The van der Waals surface area contributed by atoms with Gasteiger partial charge in [0.05, 0.1) is 0 Å². The molecule has 1 aromatic heterocycles. The van der Waals surface area contributed by atoms with E-state index in [1.54, 1.807) is 11.8 Å². The lowest BCUT2D eigenvalue weighted by Gasteiger charge is -2.24. The molecule has 0 bridgehead atoms. The molecule has 0 amide bonds. The quantitative estimate of drug-likeness (QED) is 0.874. The normalized spacial score (nSPS) is 18.6. The van der Waals surface area contributed by atoms with Crippen molar-refractivity contribution in [1.82, 2.24) is 10.2 Å². The molecule has 2 N–H and O–H groups in total. The van der Waals surface area contributed by atoms with Gasteiger partial charge in [0.25, 0.3) is 0 Å². The minimum Gasteiger partial charge on any atom is -0.374 e. The van der Waals surface area contributed by atoms with Gasteiger partial charge >= 0.3 is 0 Å². The van der Waals surface area contributed by atoms with Gasteiger partial charge in [0.2, 0.25) is 5.13 Å². The third kappa shape index (κ3) is 2.52. The van der Waals surface area contributed by atoms with E-state index in [1.807, 2.05) is 0 Å². The van der Waals surface area contributed by atoms with Crippen molar-refractivity contribution in [1.29, 1.82) is 0 Å². The largest absolute Gasteiger partial charge is 0.374 e. The molecule has 1 aromatic carbocycles. The number of rotatable bonds is 3. The van der Waals surface area contributed by atoms with Gasteiger partial charge in [-0.25, -0.2) is 0 Å². The Morgan fingerprint density at radius 1 is 1.33 bits per heavy atom. The highest BCUT2D eigenvalue weighted by Crippen LogP contribution is 2.36. The predicted molar refractivity (Wildman–Crippen MR) is 77.2 cm³/mol. The Morgan fingerprint density at radius 3 is 3.06 bits per heavy atom. The Kier molecular flexibility index (Phi) is 3.52. The van der Waals surface area contributed by atoms with Crippen LogP contribution in [-0.4, -0.2) is 16.0 Å². The first-order chi connectivity index (χ1) is 8.83. The second-order valence-corrected chi connectivity index (χ2v) is 6.78. The smallest absolute Gasteiger partial charge is 0.203 e. The molecule has 0 saturated carbocycles. The third-order valence-corrected chi connectivity index (χ3v) is 5.37. The molecule has 5 heteroatoms. The Hall–Kier alpha value is -1.07. The Morgan fingerprint density at radius 2 is 2.22 bits per heavy atom. The molecule has 0 spiro atoms. The first-order valence-corrected chi connectivity index (χ1v) is 7.93. The van der Waals surface area contributed by atoms with Crippen LogP contribution in [0.5, 0.6) is 0 Å². The molecule has 3 nitrogen and oxygen atoms in total. The van der Waals surface area contributed by atoms with E-state index in [1.165, 1.54) is 41.7 Å². The average Bonchev–Trinajstić information content (AvgIpc) is 2.82. The lowest BCUT2D eigenvalue weighted by atomic mass is 9.84. The summed E-state index contributed by atoms with van der Waals surface area (Å²) < 4.78 is 0.982. The molecule has 0 radical (unpaired) electrons. The second-order valence-electron chi connectivity index (χ2n) is 4.51. The van der Waals surface area contributed by atoms with Crippen molar-refractivity contribution in [2.24, 2.45) is 0 Å². The number of nitrogens with zero attached hydrogens (tertiary/aromatic N) is 2. The van der Waals surface area contributed by atoms with Crippen LogP contribution in [0, 0.1) is 0 Å². The van der Waals surface area contributed by atoms with Gasteiger partial charge in [-0.15, -0.1) is 10.2 Å². The lowest BCUT2D eigenvalue weighted by molar-refractivity contribution is 0.596. The van der Waals surface area contributed by atoms with Crippen molar-refractivity contribution < 1.29 is 0 Å². The van der Waals surface area contributed by atoms with E-state index in [0.717, 1.165) is 10.1 Å². The number of aromatic nitrogens is 2. The summed E-state index contributed by atoms with van der Waals surface area (Å²) in [6.45, 7) is 0. The van der Waals surface area contributed by atoms with Gasteiger partial charge in [0.15, 0.2) is 4.34 Å². The van der Waals surface area contributed by atoms with E-state index in [-0.39, 0.29) is 0 Å². The number of benzene rings is 1. The van der Waals surface area contributed by atoms with Crippen molar-refractivity contribution in [2.75, 3.05) is 11.5 Å². The molecule has 1 aliphatic carbocycles. The molecule has 1 atom stereocenters. The average molecular weight is 277 g/mol. The summed E-state index contributed by atoms with van der Waals surface area (Å²) in [6, 6.07) is 8.81. The summed E-state index contributed by atoms with van der Waals surface area (Å²) in [4.78, 5) is 0. The highest BCUT2D eigenvalue weighted by molar-refractivity contribution is 8.01. The minimum atomic E-state index is 0.557. The number of nitrogen functional groups attached to an aromatic ring is 1. The number of hydrogen-bond acceptors (Lipinski definition) is 5. The molecule has 94 valence electrons. The number of hydrogen-bond donors (Lipinski definition) is 1. The molecule has 3 rings (SSSR count). The first kappa shape index (κ1) is 12.0. The monoisotopic (exact) mass is 277 g/mol. The van der Waals surface area contributed by atoms with E-state index >= 15 is 0 Å². The van der Waals surface area contributed by atoms with Gasteiger partial charge in [-0.05, 0) is 36.3 Å². The van der Waals surface area contributed by atoms with Crippen LogP contribution in [0.25, 0.3) is 0 Å². The topological polar surface area (TPSA) is 51.8 Å². The van der Waals surface area contributed by atoms with E-state index in [0.29, 0.717) is 11.0 Å². The fourth-order valence-corrected chi connectivity index (χ4v) is 4.30. The van der Waals surface area contributed by atoms with Gasteiger partial charge in [-0.3, -0.25) is 0 Å². The van der Waals surface area contributed by atoms with Crippen molar-refractivity contribution in [3.05, 3.63) is 35.4 Å². The standard InChI is InChI=1S/C13H15N3S2/c14-12-15-16-13(18-12)17-8-10-6-3-5-9-4-1-2-7-11(9)10/h1-2,4,7,10H,3,5-6,8H2,(H2,14,15). The highest BCUT2D eigenvalue weighted by atomic mass is 32.2. The molecule has 18 heavy (non-hydrogen) atoms. The van der Waals surface area contributed by atoms with Gasteiger partial charge < -0.3 is 5.73 Å². The third-order valence-electron chi connectivity index (χ3n) is 3.32. The van der Waals surface area contributed by atoms with Gasteiger partial charge in [-0.1, -0.05) is 47.4 Å². The van der Waals surface area contributed by atoms with Crippen LogP contribution in [-0.2, 0) is 6.42 Å². The maximum Gasteiger partial charge on any atom is 0.203 e. The van der Waals surface area contributed by atoms with Crippen molar-refractivity contribution >= 4 is 28.2 Å². The van der Waals surface area contributed by atoms with Gasteiger partial charge in [0, 0.05) is 5.75 Å². The van der Waals surface area contributed by atoms with E-state index < -0.39 is 0 Å². The minimum absolute atomic E-state index is 0.557. The Balaban J connectivity index is 1.71. The van der Waals surface area contributed by atoms with Crippen LogP contribution >= 0.6 is 23.1 Å². The lowest BCUT2D eigenvalue weighted by Crippen LogP contribution is -2.11. The zero-order chi connectivity index (χ0) is 12.4. The number of thioether (sulfide) groups is 1. The number of aryl methyl sites for hydroxylation is 1. The van der Waals surface area contributed by atoms with E-state index in [2.05, 4.69) is 34.5 Å². The van der Waals surface area contributed by atoms with E-state index in [9.17, 15) is 0 Å². The van der Waals surface area contributed by atoms with Crippen molar-refractivity contribution in [3.8, 4) is 0 Å². The molecular formula is C13H15N3S2. The maximum absolute atomic E-state index is 5.60. The van der Waals surface area contributed by atoms with Crippen LogP contribution < -0.4 is 5.73 Å². The van der Waals surface area contributed by atoms with Gasteiger partial charge in [0.1, 0.15) is 0 Å². The van der Waals surface area contributed by atoms with Crippen molar-refractivity contribution in [2.45, 2.75) is 29.5 Å². The van der Waals surface area contributed by atoms with Crippen LogP contribution in [0.15, 0.2) is 28.6 Å². The highest BCUT2D eigenvalue weighted by Gasteiger charge is 2.20. The summed E-state index contributed by atoms with van der Waals surface area (Å²) in [5.74, 6) is 1.72. The fraction of sp³-hybridized carbons (Fsp3) is 0.385. The SMILES string of the molecule is Nc1nnc(SCC2CCCc3ccccc32)s1. The molecule has 0 saturated heterocycles. The number of anilines is 1. The summed E-state index contributed by atoms with van der Waals surface area (Å²) in [5.41, 5.74) is 8.64. The Labute approximate surface area is 115 Å². The molecule has 1 heterocycles. The van der Waals surface area contributed by atoms with E-state index in [4.69, 9.17) is 5.73 Å². The maximum atomic E-state index is 5.60. The summed E-state index contributed by atoms with van der Waals surface area (Å²) >= 11 is 3.25. The fourth-order valence-electron chi connectivity index (χ4n) is 2.48. The van der Waals surface area contributed by atoms with Crippen LogP contribution in [0.1, 0.15) is 29.9 Å². The first-order valence-electron chi connectivity index (χ1n) is 6.12. The summed E-state index contributed by atoms with van der Waals surface area (Å²) in [6.07, 6.45) is 3.79. The molecule has 2 aromatic rings. The molecule has 0 aliphatic heterocycles.